The predicted octanol–water partition coefficient (Wildman–Crippen LogP) is 6.34. The summed E-state index contributed by atoms with van der Waals surface area (Å²) in [5.41, 5.74) is 6.28. The Morgan fingerprint density at radius 3 is 2.49 bits per heavy atom. The van der Waals surface area contributed by atoms with Crippen LogP contribution in [0.5, 0.6) is 5.75 Å². The molecule has 0 saturated carbocycles. The van der Waals surface area contributed by atoms with Gasteiger partial charge in [-0.1, -0.05) is 36.4 Å². The number of Topliss-reactive ketones (excluding diaryl/α,β-unsaturated/α-hetero) is 1. The Kier molecular flexibility index (Phi) is 9.13. The summed E-state index contributed by atoms with van der Waals surface area (Å²) >= 11 is 0. The Morgan fingerprint density at radius 2 is 1.73 bits per heavy atom. The molecule has 5 nitrogen and oxygen atoms in total. The van der Waals surface area contributed by atoms with Crippen LogP contribution >= 0.6 is 0 Å². The topological polar surface area (TPSA) is 58.6 Å². The molecule has 194 valence electrons. The fraction of sp³-hybridized carbons (Fsp3) is 0.375. The lowest BCUT2D eigenvalue weighted by molar-refractivity contribution is -0.115. The van der Waals surface area contributed by atoms with Crippen LogP contribution in [0.1, 0.15) is 64.2 Å². The molecule has 1 aliphatic heterocycles. The van der Waals surface area contributed by atoms with Gasteiger partial charge in [-0.25, -0.2) is 0 Å². The van der Waals surface area contributed by atoms with E-state index >= 15 is 0 Å². The fourth-order valence-corrected chi connectivity index (χ4v) is 5.06. The Labute approximate surface area is 220 Å². The highest BCUT2D eigenvalue weighted by Gasteiger charge is 2.21. The summed E-state index contributed by atoms with van der Waals surface area (Å²) in [4.78, 5) is 27.6. The lowest BCUT2D eigenvalue weighted by atomic mass is 9.89. The van der Waals surface area contributed by atoms with Crippen molar-refractivity contribution in [3.8, 4) is 5.75 Å². The second-order valence-corrected chi connectivity index (χ2v) is 10.1. The number of amides is 1. The van der Waals surface area contributed by atoms with Gasteiger partial charge in [-0.05, 0) is 111 Å². The molecule has 37 heavy (non-hydrogen) atoms. The van der Waals surface area contributed by atoms with E-state index in [0.717, 1.165) is 61.5 Å². The first-order chi connectivity index (χ1) is 17.9. The van der Waals surface area contributed by atoms with Gasteiger partial charge >= 0.3 is 0 Å². The third kappa shape index (κ3) is 7.53. The van der Waals surface area contributed by atoms with Crippen molar-refractivity contribution in [2.75, 3.05) is 32.1 Å². The van der Waals surface area contributed by atoms with E-state index in [2.05, 4.69) is 36.2 Å². The monoisotopic (exact) mass is 498 g/mol. The number of nitrogens with zero attached hydrogens (tertiary/aromatic N) is 1. The molecular weight excluding hydrogens is 460 g/mol. The van der Waals surface area contributed by atoms with E-state index in [1.807, 2.05) is 54.6 Å². The minimum absolute atomic E-state index is 0.0319. The van der Waals surface area contributed by atoms with E-state index in [0.29, 0.717) is 18.8 Å². The molecule has 4 rings (SSSR count). The molecule has 3 aromatic carbocycles. The highest BCUT2D eigenvalue weighted by molar-refractivity contribution is 5.96. The molecular formula is C32H38N2O3. The second-order valence-electron chi connectivity index (χ2n) is 10.1. The summed E-state index contributed by atoms with van der Waals surface area (Å²) in [7, 11) is 1.63. The van der Waals surface area contributed by atoms with Crippen molar-refractivity contribution in [2.24, 2.45) is 0 Å². The van der Waals surface area contributed by atoms with Crippen LogP contribution in [0.15, 0.2) is 66.7 Å². The summed E-state index contributed by atoms with van der Waals surface area (Å²) in [6, 6.07) is 21.9. The smallest absolute Gasteiger partial charge is 0.228 e. The Hall–Kier alpha value is -3.44. The molecule has 0 aliphatic carbocycles. The first-order valence-electron chi connectivity index (χ1n) is 13.3. The SMILES string of the molecule is COc1cccc(CC(=O)Nc2cccc(C3CCN(CCCC(=O)c4ccc(C)c(C)c4)CC3)c2)c1. The number of rotatable bonds is 10. The molecule has 3 aromatic rings. The number of carbonyl (C=O) groups is 2. The molecule has 0 spiro atoms. The fourth-order valence-electron chi connectivity index (χ4n) is 5.06. The molecule has 1 N–H and O–H groups in total. The number of piperidine rings is 1. The highest BCUT2D eigenvalue weighted by Crippen LogP contribution is 2.30. The maximum Gasteiger partial charge on any atom is 0.228 e. The van der Waals surface area contributed by atoms with Crippen molar-refractivity contribution in [2.45, 2.75) is 51.9 Å². The van der Waals surface area contributed by atoms with Gasteiger partial charge in [0.05, 0.1) is 13.5 Å². The molecule has 0 unspecified atom stereocenters. The van der Waals surface area contributed by atoms with Gasteiger partial charge in [0.15, 0.2) is 5.78 Å². The molecule has 1 fully saturated rings. The molecule has 0 atom stereocenters. The second kappa shape index (κ2) is 12.7. The Morgan fingerprint density at radius 1 is 0.946 bits per heavy atom. The number of anilines is 1. The number of methoxy groups -OCH3 is 1. The highest BCUT2D eigenvalue weighted by atomic mass is 16.5. The van der Waals surface area contributed by atoms with Crippen LogP contribution in [-0.4, -0.2) is 43.3 Å². The van der Waals surface area contributed by atoms with E-state index < -0.39 is 0 Å². The van der Waals surface area contributed by atoms with Crippen molar-refractivity contribution in [3.05, 3.63) is 94.5 Å². The van der Waals surface area contributed by atoms with Crippen LogP contribution in [0.25, 0.3) is 0 Å². The average molecular weight is 499 g/mol. The maximum absolute atomic E-state index is 12.6. The average Bonchev–Trinajstić information content (AvgIpc) is 2.90. The van der Waals surface area contributed by atoms with E-state index in [1.54, 1.807) is 7.11 Å². The van der Waals surface area contributed by atoms with Gasteiger partial charge in [0.1, 0.15) is 5.75 Å². The van der Waals surface area contributed by atoms with Crippen LogP contribution in [0.2, 0.25) is 0 Å². The number of aryl methyl sites for hydroxylation is 2. The lowest BCUT2D eigenvalue weighted by Crippen LogP contribution is -2.33. The summed E-state index contributed by atoms with van der Waals surface area (Å²) in [5, 5.41) is 3.05. The lowest BCUT2D eigenvalue weighted by Gasteiger charge is -2.32. The molecule has 0 aromatic heterocycles. The van der Waals surface area contributed by atoms with Crippen LogP contribution in [0.3, 0.4) is 0 Å². The van der Waals surface area contributed by atoms with Gasteiger partial charge in [-0.15, -0.1) is 0 Å². The van der Waals surface area contributed by atoms with Crippen LogP contribution in [-0.2, 0) is 11.2 Å². The minimum atomic E-state index is -0.0319. The zero-order valence-corrected chi connectivity index (χ0v) is 22.3. The molecule has 0 bridgehead atoms. The first kappa shape index (κ1) is 26.6. The van der Waals surface area contributed by atoms with E-state index in [4.69, 9.17) is 4.74 Å². The minimum Gasteiger partial charge on any atom is -0.497 e. The first-order valence-corrected chi connectivity index (χ1v) is 13.3. The number of nitrogens with one attached hydrogen (secondary N) is 1. The Balaban J connectivity index is 1.22. The standard InChI is InChI=1S/C32H38N2O3/c1-23-12-13-28(19-24(23)2)31(35)11-6-16-34-17-14-26(15-18-34)27-8-5-9-29(22-27)33-32(36)21-25-7-4-10-30(20-25)37-3/h4-5,7-10,12-13,19-20,22,26H,6,11,14-18,21H2,1-3H3,(H,33,36). The van der Waals surface area contributed by atoms with Crippen LogP contribution in [0, 0.1) is 13.8 Å². The van der Waals surface area contributed by atoms with Crippen molar-refractivity contribution < 1.29 is 14.3 Å². The molecule has 1 heterocycles. The number of carbonyl (C=O) groups excluding carboxylic acids is 2. The normalized spacial score (nSPS) is 14.4. The van der Waals surface area contributed by atoms with Gasteiger partial charge < -0.3 is 15.0 Å². The van der Waals surface area contributed by atoms with Crippen LogP contribution < -0.4 is 10.1 Å². The number of hydrogen-bond acceptors (Lipinski definition) is 4. The van der Waals surface area contributed by atoms with Crippen molar-refractivity contribution in [1.82, 2.24) is 4.90 Å². The van der Waals surface area contributed by atoms with Gasteiger partial charge in [0.2, 0.25) is 5.91 Å². The van der Waals surface area contributed by atoms with Crippen molar-refractivity contribution in [1.29, 1.82) is 0 Å². The quantitative estimate of drug-likeness (QED) is 0.332. The maximum atomic E-state index is 12.6. The van der Waals surface area contributed by atoms with E-state index in [-0.39, 0.29) is 11.7 Å². The molecule has 5 heteroatoms. The summed E-state index contributed by atoms with van der Waals surface area (Å²) in [6.45, 7) is 7.17. The van der Waals surface area contributed by atoms with Gasteiger partial charge in [-0.2, -0.15) is 0 Å². The molecule has 1 aliphatic rings. The zero-order chi connectivity index (χ0) is 26.2. The van der Waals surface area contributed by atoms with Crippen molar-refractivity contribution >= 4 is 17.4 Å². The van der Waals surface area contributed by atoms with Crippen molar-refractivity contribution in [3.63, 3.8) is 0 Å². The van der Waals surface area contributed by atoms with E-state index in [9.17, 15) is 9.59 Å². The summed E-state index contributed by atoms with van der Waals surface area (Å²) in [5.74, 6) is 1.45. The summed E-state index contributed by atoms with van der Waals surface area (Å²) in [6.07, 6.45) is 3.98. The number of ether oxygens (including phenoxy) is 1. The number of hydrogen-bond donors (Lipinski definition) is 1. The van der Waals surface area contributed by atoms with Gasteiger partial charge in [-0.3, -0.25) is 9.59 Å². The molecule has 1 amide bonds. The van der Waals surface area contributed by atoms with E-state index in [1.165, 1.54) is 16.7 Å². The summed E-state index contributed by atoms with van der Waals surface area (Å²) < 4.78 is 5.25. The number of ketones is 1. The third-order valence-corrected chi connectivity index (χ3v) is 7.44. The molecule has 1 saturated heterocycles. The largest absolute Gasteiger partial charge is 0.497 e. The number of benzene rings is 3. The van der Waals surface area contributed by atoms with Gasteiger partial charge in [0, 0.05) is 17.7 Å². The predicted molar refractivity (Wildman–Crippen MR) is 150 cm³/mol. The zero-order valence-electron chi connectivity index (χ0n) is 22.3. The van der Waals surface area contributed by atoms with Crippen LogP contribution in [0.4, 0.5) is 5.69 Å². The number of likely N-dealkylation sites (tertiary alicyclic amines) is 1. The molecule has 0 radical (unpaired) electrons. The Bertz CT molecular complexity index is 1230. The van der Waals surface area contributed by atoms with Gasteiger partial charge in [0.25, 0.3) is 0 Å². The third-order valence-electron chi connectivity index (χ3n) is 7.44.